The predicted octanol–water partition coefficient (Wildman–Crippen LogP) is 4.07. The van der Waals surface area contributed by atoms with Crippen LogP contribution in [0.15, 0.2) is 42.5 Å². The van der Waals surface area contributed by atoms with Gasteiger partial charge >= 0.3 is 0 Å². The maximum atomic E-state index is 12.9. The average molecular weight is 400 g/mol. The average Bonchev–Trinajstić information content (AvgIpc) is 2.73. The number of nitrogens with zero attached hydrogens (tertiary/aromatic N) is 2. The summed E-state index contributed by atoms with van der Waals surface area (Å²) in [6, 6.07) is 12.0. The minimum Gasteiger partial charge on any atom is -0.494 e. The number of piperazine rings is 1. The van der Waals surface area contributed by atoms with E-state index in [0.29, 0.717) is 25.2 Å². The van der Waals surface area contributed by atoms with E-state index in [1.807, 2.05) is 12.1 Å². The van der Waals surface area contributed by atoms with Crippen molar-refractivity contribution in [3.63, 3.8) is 0 Å². The highest BCUT2D eigenvalue weighted by Gasteiger charge is 2.17. The zero-order valence-corrected chi connectivity index (χ0v) is 17.3. The molecule has 5 nitrogen and oxygen atoms in total. The van der Waals surface area contributed by atoms with Gasteiger partial charge in [0.1, 0.15) is 11.6 Å². The zero-order chi connectivity index (χ0) is 20.6. The summed E-state index contributed by atoms with van der Waals surface area (Å²) >= 11 is 0. The van der Waals surface area contributed by atoms with Gasteiger partial charge in [0, 0.05) is 44.0 Å². The van der Waals surface area contributed by atoms with Gasteiger partial charge in [-0.05, 0) is 67.9 Å². The van der Waals surface area contributed by atoms with Crippen LogP contribution in [0, 0.1) is 12.7 Å². The van der Waals surface area contributed by atoms with Crippen LogP contribution in [0.3, 0.4) is 0 Å². The number of halogens is 1. The standard InChI is InChI=1S/C23H30FN3O2/c1-3-26-12-14-27(15-13-26)22-11-8-20(17-18(22)2)25-23(28)5-4-16-29-21-9-6-19(24)7-10-21/h6-11,17H,3-5,12-16H2,1-2H3,(H,25,28). The van der Waals surface area contributed by atoms with Crippen molar-refractivity contribution in [2.45, 2.75) is 26.7 Å². The first-order valence-electron chi connectivity index (χ1n) is 10.3. The van der Waals surface area contributed by atoms with Crippen molar-refractivity contribution >= 4 is 17.3 Å². The summed E-state index contributed by atoms with van der Waals surface area (Å²) in [5.41, 5.74) is 3.24. The molecule has 0 aliphatic carbocycles. The number of hydrogen-bond acceptors (Lipinski definition) is 4. The number of hydrogen-bond donors (Lipinski definition) is 1. The molecule has 1 aliphatic heterocycles. The van der Waals surface area contributed by atoms with Crippen LogP contribution >= 0.6 is 0 Å². The first-order valence-corrected chi connectivity index (χ1v) is 10.3. The maximum absolute atomic E-state index is 12.9. The van der Waals surface area contributed by atoms with Gasteiger partial charge in [0.05, 0.1) is 6.61 Å². The molecule has 2 aromatic carbocycles. The molecular weight excluding hydrogens is 369 g/mol. The summed E-state index contributed by atoms with van der Waals surface area (Å²) in [4.78, 5) is 17.1. The molecule has 156 valence electrons. The number of ether oxygens (including phenoxy) is 1. The molecule has 0 aromatic heterocycles. The number of likely N-dealkylation sites (N-methyl/N-ethyl adjacent to an activating group) is 1. The molecule has 0 atom stereocenters. The molecule has 0 bridgehead atoms. The van der Waals surface area contributed by atoms with Gasteiger partial charge in [-0.2, -0.15) is 0 Å². The monoisotopic (exact) mass is 399 g/mol. The summed E-state index contributed by atoms with van der Waals surface area (Å²) in [5.74, 6) is 0.287. The van der Waals surface area contributed by atoms with Crippen LogP contribution in [0.25, 0.3) is 0 Å². The second-order valence-electron chi connectivity index (χ2n) is 7.38. The lowest BCUT2D eigenvalue weighted by molar-refractivity contribution is -0.116. The van der Waals surface area contributed by atoms with Crippen molar-refractivity contribution in [2.24, 2.45) is 0 Å². The first-order chi connectivity index (χ1) is 14.0. The van der Waals surface area contributed by atoms with Crippen molar-refractivity contribution < 1.29 is 13.9 Å². The van der Waals surface area contributed by atoms with Crippen LogP contribution in [0.4, 0.5) is 15.8 Å². The third-order valence-corrected chi connectivity index (χ3v) is 5.27. The van der Waals surface area contributed by atoms with E-state index in [1.54, 1.807) is 12.1 Å². The molecule has 29 heavy (non-hydrogen) atoms. The Morgan fingerprint density at radius 3 is 2.48 bits per heavy atom. The van der Waals surface area contributed by atoms with Crippen LogP contribution in [0.2, 0.25) is 0 Å². The van der Waals surface area contributed by atoms with Crippen molar-refractivity contribution in [2.75, 3.05) is 49.5 Å². The highest BCUT2D eigenvalue weighted by molar-refractivity contribution is 5.91. The van der Waals surface area contributed by atoms with Crippen LogP contribution in [-0.2, 0) is 4.79 Å². The summed E-state index contributed by atoms with van der Waals surface area (Å²) in [5, 5.41) is 2.96. The minimum absolute atomic E-state index is 0.0311. The second kappa shape index (κ2) is 10.3. The fourth-order valence-electron chi connectivity index (χ4n) is 3.57. The topological polar surface area (TPSA) is 44.8 Å². The Hall–Kier alpha value is -2.60. The number of carbonyl (C=O) groups excluding carboxylic acids is 1. The van der Waals surface area contributed by atoms with E-state index in [-0.39, 0.29) is 11.7 Å². The van der Waals surface area contributed by atoms with Crippen molar-refractivity contribution in [3.05, 3.63) is 53.8 Å². The Kier molecular flexibility index (Phi) is 7.47. The predicted molar refractivity (Wildman–Crippen MR) is 115 cm³/mol. The van der Waals surface area contributed by atoms with Crippen LogP contribution in [0.5, 0.6) is 5.75 Å². The number of amides is 1. The molecule has 1 N–H and O–H groups in total. The fraction of sp³-hybridized carbons (Fsp3) is 0.435. The Morgan fingerprint density at radius 1 is 1.10 bits per heavy atom. The minimum atomic E-state index is -0.291. The molecule has 1 fully saturated rings. The maximum Gasteiger partial charge on any atom is 0.224 e. The molecule has 2 aromatic rings. The Morgan fingerprint density at radius 2 is 1.83 bits per heavy atom. The van der Waals surface area contributed by atoms with E-state index in [2.05, 4.69) is 35.0 Å². The van der Waals surface area contributed by atoms with E-state index in [9.17, 15) is 9.18 Å². The van der Waals surface area contributed by atoms with Gasteiger partial charge < -0.3 is 19.9 Å². The van der Waals surface area contributed by atoms with Crippen molar-refractivity contribution in [1.29, 1.82) is 0 Å². The lowest BCUT2D eigenvalue weighted by atomic mass is 10.1. The third kappa shape index (κ3) is 6.19. The molecular formula is C23H30FN3O2. The van der Waals surface area contributed by atoms with Crippen LogP contribution < -0.4 is 15.0 Å². The van der Waals surface area contributed by atoms with Crippen LogP contribution in [-0.4, -0.2) is 50.1 Å². The highest BCUT2D eigenvalue weighted by atomic mass is 19.1. The number of carbonyl (C=O) groups is 1. The number of benzene rings is 2. The molecule has 3 rings (SSSR count). The van der Waals surface area contributed by atoms with Gasteiger partial charge in [0.2, 0.25) is 5.91 Å². The second-order valence-corrected chi connectivity index (χ2v) is 7.38. The van der Waals surface area contributed by atoms with Gasteiger partial charge in [-0.15, -0.1) is 0 Å². The van der Waals surface area contributed by atoms with Gasteiger partial charge in [0.25, 0.3) is 0 Å². The summed E-state index contributed by atoms with van der Waals surface area (Å²) in [6.07, 6.45) is 0.975. The van der Waals surface area contributed by atoms with Crippen molar-refractivity contribution in [3.8, 4) is 5.75 Å². The molecule has 6 heteroatoms. The lowest BCUT2D eigenvalue weighted by Crippen LogP contribution is -2.46. The highest BCUT2D eigenvalue weighted by Crippen LogP contribution is 2.25. The third-order valence-electron chi connectivity index (χ3n) is 5.27. The largest absolute Gasteiger partial charge is 0.494 e. The van der Waals surface area contributed by atoms with E-state index in [0.717, 1.165) is 38.4 Å². The number of aryl methyl sites for hydroxylation is 1. The van der Waals surface area contributed by atoms with Gasteiger partial charge in [-0.3, -0.25) is 4.79 Å². The normalized spacial score (nSPS) is 14.7. The molecule has 1 heterocycles. The number of rotatable bonds is 8. The number of nitrogens with one attached hydrogen (secondary N) is 1. The summed E-state index contributed by atoms with van der Waals surface area (Å²) in [7, 11) is 0. The van der Waals surface area contributed by atoms with E-state index in [4.69, 9.17) is 4.74 Å². The van der Waals surface area contributed by atoms with Gasteiger partial charge in [-0.25, -0.2) is 4.39 Å². The van der Waals surface area contributed by atoms with E-state index >= 15 is 0 Å². The molecule has 0 saturated carbocycles. The van der Waals surface area contributed by atoms with E-state index < -0.39 is 0 Å². The molecule has 0 radical (unpaired) electrons. The lowest BCUT2D eigenvalue weighted by Gasteiger charge is -2.36. The Bertz CT molecular complexity index is 802. The first kappa shape index (κ1) is 21.1. The molecule has 1 saturated heterocycles. The van der Waals surface area contributed by atoms with Crippen molar-refractivity contribution in [1.82, 2.24) is 4.90 Å². The van der Waals surface area contributed by atoms with E-state index in [1.165, 1.54) is 23.4 Å². The van der Waals surface area contributed by atoms with Gasteiger partial charge in [0.15, 0.2) is 0 Å². The fourth-order valence-corrected chi connectivity index (χ4v) is 3.57. The molecule has 0 spiro atoms. The summed E-state index contributed by atoms with van der Waals surface area (Å²) in [6.45, 7) is 10.1. The summed E-state index contributed by atoms with van der Waals surface area (Å²) < 4.78 is 18.4. The quantitative estimate of drug-likeness (QED) is 0.680. The smallest absolute Gasteiger partial charge is 0.224 e. The molecule has 0 unspecified atom stereocenters. The SMILES string of the molecule is CCN1CCN(c2ccc(NC(=O)CCCOc3ccc(F)cc3)cc2C)CC1. The van der Waals surface area contributed by atoms with Gasteiger partial charge in [-0.1, -0.05) is 6.92 Å². The number of anilines is 2. The Labute approximate surface area is 172 Å². The Balaban J connectivity index is 1.43. The molecule has 1 aliphatic rings. The zero-order valence-electron chi connectivity index (χ0n) is 17.3. The van der Waals surface area contributed by atoms with Crippen LogP contribution in [0.1, 0.15) is 25.3 Å². The molecule has 1 amide bonds.